The van der Waals surface area contributed by atoms with Gasteiger partial charge >= 0.3 is 11.9 Å². The Hall–Kier alpha value is -2.15. The standard InChI is InChI=1S/C16H21NO5S/c1-4-22-14(19)7-10(2)17-15(16(20)21)11-5-6-13(18)12(8-11)9-23-3/h5-8,15,17-18H,4,9H2,1-3H3,(H,20,21)/b10-7-. The molecule has 0 heterocycles. The zero-order valence-electron chi connectivity index (χ0n) is 13.3. The van der Waals surface area contributed by atoms with E-state index >= 15 is 0 Å². The second-order valence-electron chi connectivity index (χ2n) is 4.82. The zero-order valence-corrected chi connectivity index (χ0v) is 14.1. The molecule has 0 aliphatic rings. The summed E-state index contributed by atoms with van der Waals surface area (Å²) in [5.41, 5.74) is 1.54. The van der Waals surface area contributed by atoms with Crippen LogP contribution in [0.15, 0.2) is 30.0 Å². The number of carbonyl (C=O) groups is 2. The highest BCUT2D eigenvalue weighted by molar-refractivity contribution is 7.97. The average Bonchev–Trinajstić information content (AvgIpc) is 2.47. The van der Waals surface area contributed by atoms with Gasteiger partial charge in [-0.1, -0.05) is 6.07 Å². The minimum absolute atomic E-state index is 0.131. The Bertz CT molecular complexity index is 600. The number of phenolic OH excluding ortho intramolecular Hbond substituents is 1. The maximum absolute atomic E-state index is 11.5. The van der Waals surface area contributed by atoms with Gasteiger partial charge in [0, 0.05) is 23.1 Å². The summed E-state index contributed by atoms with van der Waals surface area (Å²) in [4.78, 5) is 22.9. The Morgan fingerprint density at radius 1 is 1.43 bits per heavy atom. The Labute approximate surface area is 139 Å². The topological polar surface area (TPSA) is 95.9 Å². The van der Waals surface area contributed by atoms with Crippen molar-refractivity contribution in [2.75, 3.05) is 12.9 Å². The lowest BCUT2D eigenvalue weighted by molar-refractivity contribution is -0.140. The van der Waals surface area contributed by atoms with Gasteiger partial charge in [0.2, 0.25) is 0 Å². The summed E-state index contributed by atoms with van der Waals surface area (Å²) in [6.45, 7) is 3.54. The summed E-state index contributed by atoms with van der Waals surface area (Å²) in [7, 11) is 0. The van der Waals surface area contributed by atoms with Gasteiger partial charge in [0.25, 0.3) is 0 Å². The summed E-state index contributed by atoms with van der Waals surface area (Å²) in [5.74, 6) is -0.909. The van der Waals surface area contributed by atoms with Crippen molar-refractivity contribution in [2.45, 2.75) is 25.6 Å². The lowest BCUT2D eigenvalue weighted by atomic mass is 10.0. The molecule has 1 unspecified atom stereocenters. The van der Waals surface area contributed by atoms with Crippen molar-refractivity contribution in [1.82, 2.24) is 5.32 Å². The predicted molar refractivity (Wildman–Crippen MR) is 89.2 cm³/mol. The van der Waals surface area contributed by atoms with Crippen molar-refractivity contribution < 1.29 is 24.5 Å². The number of aromatic hydroxyl groups is 1. The molecule has 0 spiro atoms. The molecule has 0 aliphatic heterocycles. The van der Waals surface area contributed by atoms with E-state index in [1.165, 1.54) is 23.9 Å². The Kier molecular flexibility index (Phi) is 7.47. The molecule has 1 atom stereocenters. The van der Waals surface area contributed by atoms with E-state index in [4.69, 9.17) is 4.74 Å². The zero-order chi connectivity index (χ0) is 17.4. The molecule has 1 aromatic rings. The molecular formula is C16H21NO5S. The molecule has 1 aromatic carbocycles. The van der Waals surface area contributed by atoms with Crippen molar-refractivity contribution in [3.63, 3.8) is 0 Å². The average molecular weight is 339 g/mol. The molecule has 3 N–H and O–H groups in total. The quantitative estimate of drug-likeness (QED) is 0.494. The molecule has 7 heteroatoms. The first-order chi connectivity index (χ1) is 10.9. The molecule has 23 heavy (non-hydrogen) atoms. The van der Waals surface area contributed by atoms with Crippen LogP contribution in [0.3, 0.4) is 0 Å². The molecule has 0 amide bonds. The third kappa shape index (κ3) is 5.86. The van der Waals surface area contributed by atoms with Gasteiger partial charge in [-0.25, -0.2) is 9.59 Å². The molecule has 1 rings (SSSR count). The number of phenols is 1. The van der Waals surface area contributed by atoms with Crippen LogP contribution in [0.2, 0.25) is 0 Å². The van der Waals surface area contributed by atoms with Crippen molar-refractivity contribution >= 4 is 23.7 Å². The fourth-order valence-corrected chi connectivity index (χ4v) is 2.52. The number of ether oxygens (including phenoxy) is 1. The van der Waals surface area contributed by atoms with Crippen LogP contribution in [-0.2, 0) is 20.1 Å². The van der Waals surface area contributed by atoms with Gasteiger partial charge < -0.3 is 20.3 Å². The van der Waals surface area contributed by atoms with Crippen molar-refractivity contribution in [3.8, 4) is 5.75 Å². The van der Waals surface area contributed by atoms with Crippen LogP contribution in [0.1, 0.15) is 31.0 Å². The van der Waals surface area contributed by atoms with Crippen molar-refractivity contribution in [3.05, 3.63) is 41.1 Å². The minimum Gasteiger partial charge on any atom is -0.508 e. The van der Waals surface area contributed by atoms with E-state index in [0.717, 1.165) is 0 Å². The fraction of sp³-hybridized carbons (Fsp3) is 0.375. The summed E-state index contributed by atoms with van der Waals surface area (Å²) in [6.07, 6.45) is 3.11. The number of carbonyl (C=O) groups excluding carboxylic acids is 1. The Morgan fingerprint density at radius 2 is 2.13 bits per heavy atom. The van der Waals surface area contributed by atoms with E-state index in [1.54, 1.807) is 26.0 Å². The number of esters is 1. The van der Waals surface area contributed by atoms with Gasteiger partial charge in [0.05, 0.1) is 6.61 Å². The van der Waals surface area contributed by atoms with Crippen LogP contribution < -0.4 is 5.32 Å². The second-order valence-corrected chi connectivity index (χ2v) is 5.68. The van der Waals surface area contributed by atoms with Crippen LogP contribution in [0.25, 0.3) is 0 Å². The summed E-state index contributed by atoms with van der Waals surface area (Å²) >= 11 is 1.53. The minimum atomic E-state index is -1.08. The van der Waals surface area contributed by atoms with Gasteiger partial charge in [-0.05, 0) is 37.8 Å². The molecule has 6 nitrogen and oxygen atoms in total. The van der Waals surface area contributed by atoms with Crippen molar-refractivity contribution in [2.24, 2.45) is 0 Å². The normalized spacial score (nSPS) is 12.6. The SMILES string of the molecule is CCOC(=O)/C=C(/C)NC(C(=O)O)c1ccc(O)c(CSC)c1. The van der Waals surface area contributed by atoms with Crippen LogP contribution in [0.5, 0.6) is 5.75 Å². The number of nitrogens with one attached hydrogen (secondary N) is 1. The number of aliphatic carboxylic acids is 1. The second kappa shape index (κ2) is 9.09. The van der Waals surface area contributed by atoms with Gasteiger partial charge in [-0.2, -0.15) is 11.8 Å². The molecule has 0 aliphatic carbocycles. The molecule has 0 radical (unpaired) electrons. The van der Waals surface area contributed by atoms with Gasteiger partial charge in [-0.15, -0.1) is 0 Å². The molecule has 0 saturated heterocycles. The summed E-state index contributed by atoms with van der Waals surface area (Å²) in [5, 5.41) is 22.0. The number of hydrogen-bond donors (Lipinski definition) is 3. The van der Waals surface area contributed by atoms with E-state index in [0.29, 0.717) is 22.6 Å². The first-order valence-electron chi connectivity index (χ1n) is 7.04. The van der Waals surface area contributed by atoms with Gasteiger partial charge in [-0.3, -0.25) is 0 Å². The highest BCUT2D eigenvalue weighted by Gasteiger charge is 2.21. The van der Waals surface area contributed by atoms with E-state index < -0.39 is 18.0 Å². The van der Waals surface area contributed by atoms with Crippen LogP contribution in [0, 0.1) is 0 Å². The number of carboxylic acid groups (broad SMARTS) is 1. The van der Waals surface area contributed by atoms with Gasteiger partial charge in [0.15, 0.2) is 0 Å². The van der Waals surface area contributed by atoms with Gasteiger partial charge in [0.1, 0.15) is 11.8 Å². The first-order valence-corrected chi connectivity index (χ1v) is 8.43. The number of benzene rings is 1. The monoisotopic (exact) mass is 339 g/mol. The van der Waals surface area contributed by atoms with Crippen molar-refractivity contribution in [1.29, 1.82) is 0 Å². The number of thioether (sulfide) groups is 1. The third-order valence-electron chi connectivity index (χ3n) is 2.98. The van der Waals surface area contributed by atoms with Crippen LogP contribution in [0.4, 0.5) is 0 Å². The third-order valence-corrected chi connectivity index (χ3v) is 3.58. The highest BCUT2D eigenvalue weighted by atomic mass is 32.2. The van der Waals surface area contributed by atoms with E-state index in [-0.39, 0.29) is 12.4 Å². The van der Waals surface area contributed by atoms with E-state index in [9.17, 15) is 19.8 Å². The number of carboxylic acids is 1. The Balaban J connectivity index is 3.01. The smallest absolute Gasteiger partial charge is 0.332 e. The van der Waals surface area contributed by atoms with Crippen LogP contribution in [-0.4, -0.2) is 35.0 Å². The molecule has 0 saturated carbocycles. The highest BCUT2D eigenvalue weighted by Crippen LogP contribution is 2.26. The lowest BCUT2D eigenvalue weighted by Crippen LogP contribution is -2.27. The summed E-state index contributed by atoms with van der Waals surface area (Å²) < 4.78 is 4.79. The van der Waals surface area contributed by atoms with Crippen LogP contribution >= 0.6 is 11.8 Å². The van der Waals surface area contributed by atoms with E-state index in [2.05, 4.69) is 5.32 Å². The first kappa shape index (κ1) is 18.9. The summed E-state index contributed by atoms with van der Waals surface area (Å²) in [6, 6.07) is 3.64. The molecule has 0 bridgehead atoms. The largest absolute Gasteiger partial charge is 0.508 e. The predicted octanol–water partition coefficient (Wildman–Crippen LogP) is 2.44. The fourth-order valence-electron chi connectivity index (χ4n) is 1.97. The number of allylic oxidation sites excluding steroid dienone is 1. The molecular weight excluding hydrogens is 318 g/mol. The molecule has 0 fully saturated rings. The molecule has 126 valence electrons. The van der Waals surface area contributed by atoms with E-state index in [1.807, 2.05) is 6.26 Å². The lowest BCUT2D eigenvalue weighted by Gasteiger charge is -2.17. The maximum Gasteiger partial charge on any atom is 0.332 e. The Morgan fingerprint density at radius 3 is 2.70 bits per heavy atom. The number of rotatable bonds is 8. The maximum atomic E-state index is 11.5. The molecule has 0 aromatic heterocycles. The number of hydrogen-bond acceptors (Lipinski definition) is 6.